The van der Waals surface area contributed by atoms with Gasteiger partial charge in [-0.15, -0.1) is 0 Å². The van der Waals surface area contributed by atoms with Gasteiger partial charge in [-0.25, -0.2) is 9.37 Å². The summed E-state index contributed by atoms with van der Waals surface area (Å²) in [6.45, 7) is 3.82. The minimum atomic E-state index is -4.82. The van der Waals surface area contributed by atoms with E-state index in [4.69, 9.17) is 27.1 Å². The van der Waals surface area contributed by atoms with Gasteiger partial charge >= 0.3 is 12.2 Å². The van der Waals surface area contributed by atoms with Gasteiger partial charge < -0.3 is 25.6 Å². The van der Waals surface area contributed by atoms with Crippen LogP contribution >= 0.6 is 11.6 Å². The Morgan fingerprint density at radius 1 is 1.10 bits per heavy atom. The number of hydrogen-bond donors (Lipinski definition) is 2. The third kappa shape index (κ3) is 5.37. The van der Waals surface area contributed by atoms with Crippen LogP contribution in [0.2, 0.25) is 5.02 Å². The van der Waals surface area contributed by atoms with Gasteiger partial charge in [0, 0.05) is 36.6 Å². The van der Waals surface area contributed by atoms with E-state index in [1.165, 1.54) is 13.0 Å². The standard InChI is InChI=1S/C28H32ClF4N7O/c1-14-10-20(34)36-25(22(14)28(31,32)33)21-19(29)11-18-24(23(21)30)37-27(41-13-17-4-3-8-39(17)2)38-26(18)40-9-7-15-5-6-16(12-40)35-15/h10-11,15-17,35H,3-9,12-13H2,1-2H3,(H2,34,36)/t15?,16?,17-/m0/s1. The van der Waals surface area contributed by atoms with E-state index in [1.54, 1.807) is 0 Å². The van der Waals surface area contributed by atoms with Crippen LogP contribution in [0.25, 0.3) is 22.2 Å². The second-order valence-electron chi connectivity index (χ2n) is 11.3. The quantitative estimate of drug-likeness (QED) is 0.390. The van der Waals surface area contributed by atoms with Gasteiger partial charge in [-0.3, -0.25) is 0 Å². The molecule has 3 atom stereocenters. The number of likely N-dealkylation sites (N-methyl/N-ethyl adjacent to an activating group) is 1. The number of nitrogen functional groups attached to an aromatic ring is 1. The molecule has 3 saturated heterocycles. The predicted octanol–water partition coefficient (Wildman–Crippen LogP) is 5.20. The van der Waals surface area contributed by atoms with Crippen molar-refractivity contribution >= 4 is 34.1 Å². The van der Waals surface area contributed by atoms with Crippen molar-refractivity contribution in [3.63, 3.8) is 0 Å². The zero-order valence-electron chi connectivity index (χ0n) is 22.9. The molecule has 3 aliphatic heterocycles. The van der Waals surface area contributed by atoms with Crippen molar-refractivity contribution in [3.8, 4) is 17.3 Å². The molecule has 3 N–H and O–H groups in total. The number of alkyl halides is 3. The number of fused-ring (bicyclic) bond motifs is 3. The van der Waals surface area contributed by atoms with Crippen LogP contribution in [0.5, 0.6) is 6.01 Å². The summed E-state index contributed by atoms with van der Waals surface area (Å²) in [5.41, 5.74) is 3.17. The number of nitrogens with zero attached hydrogens (tertiary/aromatic N) is 5. The third-order valence-electron chi connectivity index (χ3n) is 8.50. The molecule has 0 spiro atoms. The summed E-state index contributed by atoms with van der Waals surface area (Å²) in [5.74, 6) is -0.767. The van der Waals surface area contributed by atoms with Crippen molar-refractivity contribution in [2.45, 2.75) is 63.3 Å². The highest BCUT2D eigenvalue weighted by Gasteiger charge is 2.39. The fraction of sp³-hybridized carbons (Fsp3) is 0.536. The highest BCUT2D eigenvalue weighted by atomic mass is 35.5. The van der Waals surface area contributed by atoms with Crippen molar-refractivity contribution in [3.05, 3.63) is 34.1 Å². The molecule has 0 amide bonds. The largest absolute Gasteiger partial charge is 0.462 e. The van der Waals surface area contributed by atoms with Crippen molar-refractivity contribution in [2.75, 3.05) is 43.9 Å². The molecular formula is C28H32ClF4N7O. The van der Waals surface area contributed by atoms with Crippen LogP contribution in [-0.2, 0) is 6.18 Å². The van der Waals surface area contributed by atoms with E-state index in [1.807, 2.05) is 7.05 Å². The van der Waals surface area contributed by atoms with Gasteiger partial charge in [-0.2, -0.15) is 23.1 Å². The molecule has 2 bridgehead atoms. The molecule has 0 radical (unpaired) electrons. The Labute approximate surface area is 240 Å². The smallest absolute Gasteiger partial charge is 0.418 e. The summed E-state index contributed by atoms with van der Waals surface area (Å²) in [4.78, 5) is 17.2. The molecule has 0 aliphatic carbocycles. The van der Waals surface area contributed by atoms with Crippen molar-refractivity contribution in [1.29, 1.82) is 0 Å². The number of hydrogen-bond acceptors (Lipinski definition) is 8. The number of anilines is 2. The molecule has 220 valence electrons. The Kier molecular flexibility index (Phi) is 7.36. The summed E-state index contributed by atoms with van der Waals surface area (Å²) in [5, 5.41) is 3.68. The van der Waals surface area contributed by atoms with Crippen LogP contribution in [0.1, 0.15) is 43.2 Å². The lowest BCUT2D eigenvalue weighted by Crippen LogP contribution is -2.36. The van der Waals surface area contributed by atoms with E-state index in [2.05, 4.69) is 25.1 Å². The van der Waals surface area contributed by atoms with E-state index >= 15 is 4.39 Å². The maximum atomic E-state index is 16.5. The number of nitrogens with two attached hydrogens (primary N) is 1. The zero-order valence-corrected chi connectivity index (χ0v) is 23.6. The fourth-order valence-corrected chi connectivity index (χ4v) is 6.70. The first-order chi connectivity index (χ1) is 19.5. The van der Waals surface area contributed by atoms with Crippen molar-refractivity contribution < 1.29 is 22.3 Å². The fourth-order valence-electron chi connectivity index (χ4n) is 6.42. The lowest BCUT2D eigenvalue weighted by Gasteiger charge is -2.27. The molecule has 41 heavy (non-hydrogen) atoms. The molecule has 2 unspecified atom stereocenters. The number of benzene rings is 1. The highest BCUT2D eigenvalue weighted by Crippen LogP contribution is 2.44. The van der Waals surface area contributed by atoms with E-state index in [-0.39, 0.29) is 40.0 Å². The maximum absolute atomic E-state index is 16.5. The first-order valence-corrected chi connectivity index (χ1v) is 14.3. The van der Waals surface area contributed by atoms with Gasteiger partial charge in [-0.05, 0) is 70.3 Å². The van der Waals surface area contributed by atoms with Crippen LogP contribution < -0.4 is 20.7 Å². The van der Waals surface area contributed by atoms with Crippen LogP contribution in [0.3, 0.4) is 0 Å². The Balaban J connectivity index is 1.51. The van der Waals surface area contributed by atoms with Crippen molar-refractivity contribution in [1.82, 2.24) is 25.2 Å². The summed E-state index contributed by atoms with van der Waals surface area (Å²) >= 11 is 6.57. The number of nitrogens with one attached hydrogen (secondary N) is 1. The van der Waals surface area contributed by atoms with Gasteiger partial charge in [-0.1, -0.05) is 11.6 Å². The van der Waals surface area contributed by atoms with E-state index in [0.717, 1.165) is 44.7 Å². The Hall–Kier alpha value is -2.96. The number of halogens is 5. The second kappa shape index (κ2) is 10.7. The van der Waals surface area contributed by atoms with E-state index < -0.39 is 28.8 Å². The molecule has 3 aromatic rings. The number of ether oxygens (including phenoxy) is 1. The average molecular weight is 594 g/mol. The zero-order chi connectivity index (χ0) is 29.1. The van der Waals surface area contributed by atoms with E-state index in [9.17, 15) is 13.2 Å². The van der Waals surface area contributed by atoms with Gasteiger partial charge in [0.05, 0.1) is 21.8 Å². The molecule has 3 fully saturated rings. The summed E-state index contributed by atoms with van der Waals surface area (Å²) in [6, 6.07) is 3.31. The van der Waals surface area contributed by atoms with Crippen LogP contribution in [0, 0.1) is 12.7 Å². The van der Waals surface area contributed by atoms with Crippen molar-refractivity contribution in [2.24, 2.45) is 0 Å². The Morgan fingerprint density at radius 3 is 2.61 bits per heavy atom. The second-order valence-corrected chi connectivity index (χ2v) is 11.7. The predicted molar refractivity (Wildman–Crippen MR) is 150 cm³/mol. The van der Waals surface area contributed by atoms with Gasteiger partial charge in [0.2, 0.25) is 0 Å². The molecule has 8 nitrogen and oxygen atoms in total. The summed E-state index contributed by atoms with van der Waals surface area (Å²) in [7, 11) is 2.01. The molecular weight excluding hydrogens is 562 g/mol. The third-order valence-corrected chi connectivity index (χ3v) is 8.80. The van der Waals surface area contributed by atoms with Crippen LogP contribution in [0.15, 0.2) is 12.1 Å². The monoisotopic (exact) mass is 593 g/mol. The number of aryl methyl sites for hydroxylation is 1. The van der Waals surface area contributed by atoms with Gasteiger partial charge in [0.1, 0.15) is 23.8 Å². The molecule has 2 aromatic heterocycles. The topological polar surface area (TPSA) is 92.4 Å². The van der Waals surface area contributed by atoms with Crippen LogP contribution in [-0.4, -0.2) is 71.3 Å². The first kappa shape index (κ1) is 28.2. The highest BCUT2D eigenvalue weighted by molar-refractivity contribution is 6.34. The number of likely N-dealkylation sites (tertiary alicyclic amines) is 1. The number of pyridine rings is 1. The maximum Gasteiger partial charge on any atom is 0.418 e. The molecule has 3 aliphatic rings. The number of aromatic nitrogens is 3. The lowest BCUT2D eigenvalue weighted by atomic mass is 9.99. The molecule has 0 saturated carbocycles. The molecule has 6 rings (SSSR count). The molecule has 5 heterocycles. The van der Waals surface area contributed by atoms with Gasteiger partial charge in [0.15, 0.2) is 5.82 Å². The average Bonchev–Trinajstić information content (AvgIpc) is 3.45. The number of rotatable bonds is 5. The summed E-state index contributed by atoms with van der Waals surface area (Å²) in [6.07, 6.45) is 0.170. The normalized spacial score (nSPS) is 23.4. The van der Waals surface area contributed by atoms with E-state index in [0.29, 0.717) is 36.9 Å². The van der Waals surface area contributed by atoms with Crippen LogP contribution in [0.4, 0.5) is 29.2 Å². The minimum Gasteiger partial charge on any atom is -0.462 e. The lowest BCUT2D eigenvalue weighted by molar-refractivity contribution is -0.137. The molecule has 13 heteroatoms. The van der Waals surface area contributed by atoms with Gasteiger partial charge in [0.25, 0.3) is 0 Å². The minimum absolute atomic E-state index is 0.0323. The molecule has 1 aromatic carbocycles. The Bertz CT molecular complexity index is 1490. The SMILES string of the molecule is Cc1cc(N)nc(-c2c(Cl)cc3c(N4CCC5CCC(C4)N5)nc(OC[C@@H]4CCCN4C)nc3c2F)c1C(F)(F)F. The summed E-state index contributed by atoms with van der Waals surface area (Å²) < 4.78 is 65.0. The Morgan fingerprint density at radius 2 is 1.88 bits per heavy atom. The first-order valence-electron chi connectivity index (χ1n) is 13.9.